The summed E-state index contributed by atoms with van der Waals surface area (Å²) in [5, 5.41) is 5.68. The van der Waals surface area contributed by atoms with E-state index >= 15 is 0 Å². The van der Waals surface area contributed by atoms with Gasteiger partial charge in [-0.15, -0.1) is 0 Å². The molecule has 0 heterocycles. The number of nitrogens with one attached hydrogen (secondary N) is 1. The Balaban J connectivity index is 1.57. The molecule has 0 unspecified atom stereocenters. The quantitative estimate of drug-likeness (QED) is 0.630. The molecule has 1 saturated carbocycles. The van der Waals surface area contributed by atoms with E-state index in [1.54, 1.807) is 7.11 Å². The number of benzene rings is 3. The van der Waals surface area contributed by atoms with Crippen molar-refractivity contribution >= 4 is 16.7 Å². The predicted octanol–water partition coefficient (Wildman–Crippen LogP) is 5.15. The summed E-state index contributed by atoms with van der Waals surface area (Å²) in [4.78, 5) is 13.0. The second-order valence-electron chi connectivity index (χ2n) is 7.51. The van der Waals surface area contributed by atoms with Crippen molar-refractivity contribution in [2.75, 3.05) is 7.11 Å². The van der Waals surface area contributed by atoms with Crippen LogP contribution in [0.2, 0.25) is 0 Å². The van der Waals surface area contributed by atoms with Crippen LogP contribution in [0.3, 0.4) is 0 Å². The van der Waals surface area contributed by atoms with Gasteiger partial charge in [0.05, 0.1) is 0 Å². The van der Waals surface area contributed by atoms with Crippen LogP contribution in [0.25, 0.3) is 10.8 Å². The monoisotopic (exact) mass is 371 g/mol. The van der Waals surface area contributed by atoms with Crippen LogP contribution < -0.4 is 5.32 Å². The molecule has 0 radical (unpaired) electrons. The van der Waals surface area contributed by atoms with E-state index in [-0.39, 0.29) is 17.9 Å². The maximum Gasteiger partial charge on any atom is 0.253 e. The molecule has 3 nitrogen and oxygen atoms in total. The number of hydrogen-bond acceptors (Lipinski definition) is 2. The molecule has 3 atom stereocenters. The number of amides is 1. The van der Waals surface area contributed by atoms with Gasteiger partial charge in [0.25, 0.3) is 5.91 Å². The third kappa shape index (κ3) is 3.71. The molecule has 0 bridgehead atoms. The molecule has 1 aliphatic rings. The first-order chi connectivity index (χ1) is 13.7. The Morgan fingerprint density at radius 1 is 1.00 bits per heavy atom. The minimum atomic E-state index is -0.604. The molecule has 0 aromatic heterocycles. The molecule has 0 aliphatic heterocycles. The van der Waals surface area contributed by atoms with E-state index in [4.69, 9.17) is 4.74 Å². The number of methoxy groups -OCH3 is 1. The summed E-state index contributed by atoms with van der Waals surface area (Å²) in [5.74, 6) is 0.133. The predicted molar refractivity (Wildman–Crippen MR) is 113 cm³/mol. The lowest BCUT2D eigenvalue weighted by Gasteiger charge is -2.24. The van der Waals surface area contributed by atoms with Gasteiger partial charge >= 0.3 is 0 Å². The second-order valence-corrected chi connectivity index (χ2v) is 7.51. The SMILES string of the molecule is C=C1C[C@H](NC(=O)[C@@H](OC)c2ccccc2)[C@@H](c2ccc3ccccc3c2)C1. The normalized spacial score (nSPS) is 20.2. The Morgan fingerprint density at radius 3 is 2.46 bits per heavy atom. The van der Waals surface area contributed by atoms with E-state index in [0.29, 0.717) is 0 Å². The van der Waals surface area contributed by atoms with Gasteiger partial charge in [0.1, 0.15) is 0 Å². The van der Waals surface area contributed by atoms with Gasteiger partial charge in [-0.25, -0.2) is 0 Å². The maximum atomic E-state index is 13.0. The van der Waals surface area contributed by atoms with Crippen LogP contribution in [0, 0.1) is 0 Å². The highest BCUT2D eigenvalue weighted by molar-refractivity contribution is 5.84. The van der Waals surface area contributed by atoms with Crippen LogP contribution >= 0.6 is 0 Å². The zero-order valence-electron chi connectivity index (χ0n) is 16.1. The summed E-state index contributed by atoms with van der Waals surface area (Å²) in [6.07, 6.45) is 1.09. The third-order valence-electron chi connectivity index (χ3n) is 5.61. The van der Waals surface area contributed by atoms with E-state index in [1.807, 2.05) is 30.3 Å². The number of ether oxygens (including phenoxy) is 1. The molecule has 0 spiro atoms. The van der Waals surface area contributed by atoms with Crippen LogP contribution in [-0.2, 0) is 9.53 Å². The van der Waals surface area contributed by atoms with Crippen LogP contribution in [0.15, 0.2) is 84.9 Å². The fourth-order valence-electron chi connectivity index (χ4n) is 4.21. The largest absolute Gasteiger partial charge is 0.367 e. The highest BCUT2D eigenvalue weighted by Crippen LogP contribution is 2.38. The van der Waals surface area contributed by atoms with Crippen molar-refractivity contribution in [3.8, 4) is 0 Å². The zero-order valence-corrected chi connectivity index (χ0v) is 16.1. The molecule has 0 saturated heterocycles. The van der Waals surface area contributed by atoms with Gasteiger partial charge < -0.3 is 10.1 Å². The molecule has 3 heteroatoms. The maximum absolute atomic E-state index is 13.0. The first-order valence-corrected chi connectivity index (χ1v) is 9.69. The Hall–Kier alpha value is -2.91. The Morgan fingerprint density at radius 2 is 1.71 bits per heavy atom. The van der Waals surface area contributed by atoms with Crippen LogP contribution in [-0.4, -0.2) is 19.1 Å². The summed E-state index contributed by atoms with van der Waals surface area (Å²) >= 11 is 0. The molecule has 1 amide bonds. The number of carbonyl (C=O) groups is 1. The highest BCUT2D eigenvalue weighted by Gasteiger charge is 2.34. The number of hydrogen-bond donors (Lipinski definition) is 1. The minimum absolute atomic E-state index is 0.0301. The first kappa shape index (κ1) is 18.5. The standard InChI is InChI=1S/C25H25NO2/c1-17-14-22(21-13-12-18-8-6-7-11-20(18)16-21)23(15-17)26-25(27)24(28-2)19-9-4-3-5-10-19/h3-13,16,22-24H,1,14-15H2,2H3,(H,26,27)/t22-,23+,24+/m1/s1. The van der Waals surface area contributed by atoms with Gasteiger partial charge in [-0.2, -0.15) is 0 Å². The Labute approximate surface area is 166 Å². The summed E-state index contributed by atoms with van der Waals surface area (Å²) in [6.45, 7) is 4.19. The smallest absolute Gasteiger partial charge is 0.253 e. The molecule has 142 valence electrons. The lowest BCUT2D eigenvalue weighted by atomic mass is 9.91. The lowest BCUT2D eigenvalue weighted by Crippen LogP contribution is -2.40. The van der Waals surface area contributed by atoms with E-state index in [2.05, 4.69) is 54.4 Å². The molecular formula is C25H25NO2. The van der Waals surface area contributed by atoms with Crippen LogP contribution in [0.5, 0.6) is 0 Å². The fraction of sp³-hybridized carbons (Fsp3) is 0.240. The van der Waals surface area contributed by atoms with Crippen molar-refractivity contribution in [2.45, 2.75) is 30.9 Å². The molecule has 1 fully saturated rings. The van der Waals surface area contributed by atoms with Gasteiger partial charge in [-0.05, 0) is 34.7 Å². The van der Waals surface area contributed by atoms with Crippen LogP contribution in [0.4, 0.5) is 0 Å². The van der Waals surface area contributed by atoms with Crippen molar-refractivity contribution in [3.05, 3.63) is 96.1 Å². The second kappa shape index (κ2) is 7.99. The third-order valence-corrected chi connectivity index (χ3v) is 5.61. The van der Waals surface area contributed by atoms with Gasteiger partial charge in [-0.3, -0.25) is 4.79 Å². The summed E-state index contributed by atoms with van der Waals surface area (Å²) < 4.78 is 5.50. The van der Waals surface area contributed by atoms with Gasteiger partial charge in [-0.1, -0.05) is 84.9 Å². The Bertz CT molecular complexity index is 996. The van der Waals surface area contributed by atoms with E-state index in [0.717, 1.165) is 18.4 Å². The molecular weight excluding hydrogens is 346 g/mol. The molecule has 4 rings (SSSR count). The Kier molecular flexibility index (Phi) is 5.27. The highest BCUT2D eigenvalue weighted by atomic mass is 16.5. The number of fused-ring (bicyclic) bond motifs is 1. The van der Waals surface area contributed by atoms with Crippen LogP contribution in [0.1, 0.15) is 36.0 Å². The average Bonchev–Trinajstić information content (AvgIpc) is 3.09. The van der Waals surface area contributed by atoms with Gasteiger partial charge in [0.15, 0.2) is 6.10 Å². The average molecular weight is 371 g/mol. The van der Waals surface area contributed by atoms with E-state index in [1.165, 1.54) is 21.9 Å². The number of rotatable bonds is 5. The van der Waals surface area contributed by atoms with Crippen molar-refractivity contribution in [2.24, 2.45) is 0 Å². The van der Waals surface area contributed by atoms with E-state index < -0.39 is 6.10 Å². The molecule has 1 N–H and O–H groups in total. The summed E-state index contributed by atoms with van der Waals surface area (Å²) in [6, 6.07) is 24.6. The summed E-state index contributed by atoms with van der Waals surface area (Å²) in [7, 11) is 1.58. The number of carbonyl (C=O) groups excluding carboxylic acids is 1. The van der Waals surface area contributed by atoms with Gasteiger partial charge in [0, 0.05) is 19.1 Å². The molecule has 3 aromatic carbocycles. The van der Waals surface area contributed by atoms with Gasteiger partial charge in [0.2, 0.25) is 0 Å². The lowest BCUT2D eigenvalue weighted by molar-refractivity contribution is -0.132. The molecule has 28 heavy (non-hydrogen) atoms. The zero-order chi connectivity index (χ0) is 19.5. The molecule has 3 aromatic rings. The van der Waals surface area contributed by atoms with Crippen molar-refractivity contribution in [1.82, 2.24) is 5.32 Å². The van der Waals surface area contributed by atoms with E-state index in [9.17, 15) is 4.79 Å². The van der Waals surface area contributed by atoms with Crippen molar-refractivity contribution < 1.29 is 9.53 Å². The fourth-order valence-corrected chi connectivity index (χ4v) is 4.21. The van der Waals surface area contributed by atoms with Crippen molar-refractivity contribution in [3.63, 3.8) is 0 Å². The topological polar surface area (TPSA) is 38.3 Å². The summed E-state index contributed by atoms with van der Waals surface area (Å²) in [5.41, 5.74) is 3.29. The molecule has 1 aliphatic carbocycles. The minimum Gasteiger partial charge on any atom is -0.367 e. The first-order valence-electron chi connectivity index (χ1n) is 9.69. The van der Waals surface area contributed by atoms with Crippen molar-refractivity contribution in [1.29, 1.82) is 0 Å².